The van der Waals surface area contributed by atoms with Crippen molar-refractivity contribution in [3.8, 4) is 0 Å². The van der Waals surface area contributed by atoms with Crippen LogP contribution in [0.2, 0.25) is 0 Å². The van der Waals surface area contributed by atoms with Gasteiger partial charge >= 0.3 is 0 Å². The van der Waals surface area contributed by atoms with Crippen LogP contribution in [0.5, 0.6) is 0 Å². The van der Waals surface area contributed by atoms with Gasteiger partial charge in [-0.3, -0.25) is 4.79 Å². The lowest BCUT2D eigenvalue weighted by atomic mass is 9.86. The molecule has 0 aromatic heterocycles. The number of hydrogen-bond acceptors (Lipinski definition) is 1. The standard InChI is InChI=1S/C7H10F2O/c1-7(9)4-2-3-5(8)6(7)10/h5H,2-4H2,1H3. The highest BCUT2D eigenvalue weighted by Crippen LogP contribution is 2.29. The zero-order valence-electron chi connectivity index (χ0n) is 5.86. The van der Waals surface area contributed by atoms with Crippen molar-refractivity contribution >= 4 is 5.78 Å². The van der Waals surface area contributed by atoms with E-state index in [1.165, 1.54) is 0 Å². The van der Waals surface area contributed by atoms with Crippen molar-refractivity contribution in [1.29, 1.82) is 0 Å². The quantitative estimate of drug-likeness (QED) is 0.512. The van der Waals surface area contributed by atoms with Crippen LogP contribution in [0, 0.1) is 0 Å². The van der Waals surface area contributed by atoms with Crippen molar-refractivity contribution in [1.82, 2.24) is 0 Å². The summed E-state index contributed by atoms with van der Waals surface area (Å²) in [4.78, 5) is 10.7. The van der Waals surface area contributed by atoms with Gasteiger partial charge in [0.2, 0.25) is 5.78 Å². The highest BCUT2D eigenvalue weighted by molar-refractivity contribution is 5.91. The maximum Gasteiger partial charge on any atom is 0.203 e. The summed E-state index contributed by atoms with van der Waals surface area (Å²) in [5.74, 6) is -0.876. The highest BCUT2D eigenvalue weighted by Gasteiger charge is 2.41. The fourth-order valence-corrected chi connectivity index (χ4v) is 1.19. The molecule has 0 bridgehead atoms. The molecule has 0 radical (unpaired) electrons. The van der Waals surface area contributed by atoms with E-state index in [1.54, 1.807) is 0 Å². The summed E-state index contributed by atoms with van der Waals surface area (Å²) >= 11 is 0. The van der Waals surface area contributed by atoms with E-state index in [9.17, 15) is 13.6 Å². The minimum atomic E-state index is -1.91. The number of carbonyl (C=O) groups excluding carboxylic acids is 1. The summed E-state index contributed by atoms with van der Waals surface area (Å²) in [6.45, 7) is 1.15. The molecular formula is C7H10F2O. The summed E-state index contributed by atoms with van der Waals surface area (Å²) in [5.41, 5.74) is -1.91. The third-order valence-corrected chi connectivity index (χ3v) is 1.90. The van der Waals surface area contributed by atoms with Crippen molar-refractivity contribution in [2.75, 3.05) is 0 Å². The Bertz CT molecular complexity index is 154. The Hall–Kier alpha value is -0.470. The van der Waals surface area contributed by atoms with Gasteiger partial charge in [0.1, 0.15) is 0 Å². The molecule has 2 unspecified atom stereocenters. The Morgan fingerprint density at radius 2 is 2.30 bits per heavy atom. The van der Waals surface area contributed by atoms with E-state index in [-0.39, 0.29) is 12.8 Å². The second kappa shape index (κ2) is 2.29. The highest BCUT2D eigenvalue weighted by atomic mass is 19.2. The lowest BCUT2D eigenvalue weighted by molar-refractivity contribution is -0.138. The predicted octanol–water partition coefficient (Wildman–Crippen LogP) is 1.81. The lowest BCUT2D eigenvalue weighted by Gasteiger charge is -2.25. The van der Waals surface area contributed by atoms with Crippen molar-refractivity contribution in [3.05, 3.63) is 0 Å². The first kappa shape index (κ1) is 7.63. The zero-order chi connectivity index (χ0) is 7.78. The Labute approximate surface area is 58.4 Å². The van der Waals surface area contributed by atoms with Gasteiger partial charge in [-0.15, -0.1) is 0 Å². The molecule has 0 N–H and O–H groups in total. The molecule has 1 nitrogen and oxygen atoms in total. The van der Waals surface area contributed by atoms with Crippen LogP contribution in [0.25, 0.3) is 0 Å². The summed E-state index contributed by atoms with van der Waals surface area (Å²) in [6, 6.07) is 0. The molecule has 1 fully saturated rings. The summed E-state index contributed by atoms with van der Waals surface area (Å²) in [6.07, 6.45) is -0.728. The molecule has 1 rings (SSSR count). The molecule has 1 aliphatic carbocycles. The van der Waals surface area contributed by atoms with E-state index >= 15 is 0 Å². The Kier molecular flexibility index (Phi) is 1.75. The lowest BCUT2D eigenvalue weighted by Crippen LogP contribution is -2.40. The Morgan fingerprint density at radius 1 is 1.70 bits per heavy atom. The van der Waals surface area contributed by atoms with Gasteiger partial charge < -0.3 is 0 Å². The number of rotatable bonds is 0. The van der Waals surface area contributed by atoms with Crippen LogP contribution in [0.4, 0.5) is 8.78 Å². The van der Waals surface area contributed by atoms with Crippen molar-refractivity contribution in [2.45, 2.75) is 38.0 Å². The van der Waals surface area contributed by atoms with Gasteiger partial charge in [0.15, 0.2) is 11.8 Å². The second-order valence-corrected chi connectivity index (χ2v) is 2.92. The zero-order valence-corrected chi connectivity index (χ0v) is 5.86. The Balaban J connectivity index is 2.70. The van der Waals surface area contributed by atoms with Crippen molar-refractivity contribution in [2.24, 2.45) is 0 Å². The fraction of sp³-hybridized carbons (Fsp3) is 0.857. The molecule has 10 heavy (non-hydrogen) atoms. The van der Waals surface area contributed by atoms with Crippen molar-refractivity contribution < 1.29 is 13.6 Å². The number of halogens is 2. The van der Waals surface area contributed by atoms with E-state index in [0.29, 0.717) is 6.42 Å². The van der Waals surface area contributed by atoms with Crippen LogP contribution in [0.3, 0.4) is 0 Å². The SMILES string of the molecule is CC1(F)CCCC(F)C1=O. The van der Waals surface area contributed by atoms with Gasteiger partial charge in [0.05, 0.1) is 0 Å². The van der Waals surface area contributed by atoms with Crippen LogP contribution < -0.4 is 0 Å². The summed E-state index contributed by atoms with van der Waals surface area (Å²) < 4.78 is 25.4. The van der Waals surface area contributed by atoms with Crippen LogP contribution in [-0.4, -0.2) is 17.6 Å². The van der Waals surface area contributed by atoms with Crippen LogP contribution in [-0.2, 0) is 4.79 Å². The van der Waals surface area contributed by atoms with E-state index in [4.69, 9.17) is 0 Å². The first-order valence-electron chi connectivity index (χ1n) is 3.41. The van der Waals surface area contributed by atoms with E-state index in [1.807, 2.05) is 0 Å². The van der Waals surface area contributed by atoms with Crippen molar-refractivity contribution in [3.63, 3.8) is 0 Å². The number of Topliss-reactive ketones (excluding diaryl/α,β-unsaturated/α-hetero) is 1. The summed E-state index contributed by atoms with van der Waals surface area (Å²) in [7, 11) is 0. The fourth-order valence-electron chi connectivity index (χ4n) is 1.19. The third-order valence-electron chi connectivity index (χ3n) is 1.90. The monoisotopic (exact) mass is 148 g/mol. The van der Waals surface area contributed by atoms with Gasteiger partial charge in [-0.25, -0.2) is 8.78 Å². The molecule has 0 saturated heterocycles. The molecule has 58 valence electrons. The minimum Gasteiger partial charge on any atom is -0.293 e. The third kappa shape index (κ3) is 1.18. The number of hydrogen-bond donors (Lipinski definition) is 0. The first-order valence-corrected chi connectivity index (χ1v) is 3.41. The normalized spacial score (nSPS) is 41.9. The average molecular weight is 148 g/mol. The maximum atomic E-state index is 12.9. The van der Waals surface area contributed by atoms with Gasteiger partial charge in [0, 0.05) is 0 Å². The van der Waals surface area contributed by atoms with E-state index in [2.05, 4.69) is 0 Å². The first-order chi connectivity index (χ1) is 4.54. The van der Waals surface area contributed by atoms with Crippen LogP contribution in [0.1, 0.15) is 26.2 Å². The molecule has 0 amide bonds. The molecule has 1 saturated carbocycles. The largest absolute Gasteiger partial charge is 0.293 e. The molecular weight excluding hydrogens is 138 g/mol. The second-order valence-electron chi connectivity index (χ2n) is 2.92. The average Bonchev–Trinajstić information content (AvgIpc) is 1.83. The summed E-state index contributed by atoms with van der Waals surface area (Å²) in [5, 5.41) is 0. The smallest absolute Gasteiger partial charge is 0.203 e. The molecule has 0 aliphatic heterocycles. The van der Waals surface area contributed by atoms with Gasteiger partial charge in [-0.2, -0.15) is 0 Å². The van der Waals surface area contributed by atoms with E-state index in [0.717, 1.165) is 6.92 Å². The molecule has 0 spiro atoms. The van der Waals surface area contributed by atoms with Gasteiger partial charge in [-0.05, 0) is 26.2 Å². The molecule has 2 atom stereocenters. The van der Waals surface area contributed by atoms with Gasteiger partial charge in [-0.1, -0.05) is 0 Å². The topological polar surface area (TPSA) is 17.1 Å². The van der Waals surface area contributed by atoms with E-state index < -0.39 is 17.6 Å². The number of carbonyl (C=O) groups is 1. The number of ketones is 1. The van der Waals surface area contributed by atoms with Gasteiger partial charge in [0.25, 0.3) is 0 Å². The molecule has 0 heterocycles. The van der Waals surface area contributed by atoms with Crippen LogP contribution >= 0.6 is 0 Å². The number of alkyl halides is 2. The van der Waals surface area contributed by atoms with Crippen LogP contribution in [0.15, 0.2) is 0 Å². The maximum absolute atomic E-state index is 12.9. The Morgan fingerprint density at radius 3 is 2.70 bits per heavy atom. The molecule has 0 aromatic rings. The molecule has 0 aromatic carbocycles. The molecule has 1 aliphatic rings. The predicted molar refractivity (Wildman–Crippen MR) is 33.3 cm³/mol. The minimum absolute atomic E-state index is 0.173. The molecule has 3 heteroatoms.